The first kappa shape index (κ1) is 14.6. The van der Waals surface area contributed by atoms with Gasteiger partial charge in [-0.2, -0.15) is 0 Å². The molecule has 19 heavy (non-hydrogen) atoms. The summed E-state index contributed by atoms with van der Waals surface area (Å²) >= 11 is 4.36. The Hall–Kier alpha value is -0.810. The standard InChI is InChI=1S/C9H10N4O2S4/c1-16-8-12-13-9(18-8)17-5-2-3-7(6(10)4-5)19(11,14)15/h2-4H,10H2,1H3,(H2,11,14,15). The van der Waals surface area contributed by atoms with E-state index in [1.807, 2.05) is 6.26 Å². The molecule has 0 bridgehead atoms. The number of thioether (sulfide) groups is 1. The van der Waals surface area contributed by atoms with Crippen molar-refractivity contribution in [2.24, 2.45) is 5.14 Å². The van der Waals surface area contributed by atoms with Crippen molar-refractivity contribution < 1.29 is 8.42 Å². The molecule has 2 rings (SSSR count). The number of anilines is 1. The topological polar surface area (TPSA) is 112 Å². The van der Waals surface area contributed by atoms with Crippen LogP contribution in [0, 0.1) is 0 Å². The number of rotatable bonds is 4. The van der Waals surface area contributed by atoms with Gasteiger partial charge in [-0.3, -0.25) is 0 Å². The lowest BCUT2D eigenvalue weighted by Crippen LogP contribution is -2.14. The van der Waals surface area contributed by atoms with Crippen molar-refractivity contribution in [3.63, 3.8) is 0 Å². The van der Waals surface area contributed by atoms with Crippen LogP contribution in [0.25, 0.3) is 0 Å². The molecule has 0 spiro atoms. The first-order valence-electron chi connectivity index (χ1n) is 4.88. The minimum atomic E-state index is -3.79. The summed E-state index contributed by atoms with van der Waals surface area (Å²) in [6, 6.07) is 4.59. The fourth-order valence-corrected chi connectivity index (χ4v) is 4.38. The molecule has 0 aliphatic carbocycles. The molecule has 1 aromatic carbocycles. The Labute approximate surface area is 123 Å². The molecular weight excluding hydrogens is 324 g/mol. The van der Waals surface area contributed by atoms with E-state index in [-0.39, 0.29) is 10.6 Å². The summed E-state index contributed by atoms with van der Waals surface area (Å²) in [7, 11) is -3.79. The average Bonchev–Trinajstić information content (AvgIpc) is 2.75. The third-order valence-corrected chi connectivity index (χ3v) is 5.98. The largest absolute Gasteiger partial charge is 0.398 e. The third-order valence-electron chi connectivity index (χ3n) is 2.06. The molecule has 0 amide bonds. The van der Waals surface area contributed by atoms with E-state index >= 15 is 0 Å². The van der Waals surface area contributed by atoms with Crippen LogP contribution in [0.4, 0.5) is 5.69 Å². The number of nitrogen functional groups attached to an aromatic ring is 1. The highest BCUT2D eigenvalue weighted by atomic mass is 32.2. The molecule has 0 radical (unpaired) electrons. The molecule has 10 heteroatoms. The SMILES string of the molecule is CSc1nnc(Sc2ccc(S(N)(=O)=O)c(N)c2)s1. The van der Waals surface area contributed by atoms with Crippen LogP contribution < -0.4 is 10.9 Å². The zero-order valence-electron chi connectivity index (χ0n) is 9.73. The zero-order chi connectivity index (χ0) is 14.0. The summed E-state index contributed by atoms with van der Waals surface area (Å²) in [6.45, 7) is 0. The van der Waals surface area contributed by atoms with Crippen molar-refractivity contribution in [3.8, 4) is 0 Å². The van der Waals surface area contributed by atoms with Gasteiger partial charge in [0.05, 0.1) is 5.69 Å². The van der Waals surface area contributed by atoms with Crippen LogP contribution >= 0.6 is 34.9 Å². The monoisotopic (exact) mass is 334 g/mol. The smallest absolute Gasteiger partial charge is 0.240 e. The van der Waals surface area contributed by atoms with Crippen LogP contribution in [0.5, 0.6) is 0 Å². The average molecular weight is 334 g/mol. The van der Waals surface area contributed by atoms with Crippen LogP contribution in [-0.4, -0.2) is 24.9 Å². The van der Waals surface area contributed by atoms with Crippen LogP contribution in [0.2, 0.25) is 0 Å². The summed E-state index contributed by atoms with van der Waals surface area (Å²) in [6.07, 6.45) is 1.92. The van der Waals surface area contributed by atoms with E-state index in [4.69, 9.17) is 10.9 Å². The maximum absolute atomic E-state index is 11.2. The second-order valence-electron chi connectivity index (χ2n) is 3.38. The molecule has 0 aliphatic rings. The molecule has 0 saturated heterocycles. The van der Waals surface area contributed by atoms with Crippen molar-refractivity contribution in [2.45, 2.75) is 18.5 Å². The predicted molar refractivity (Wildman–Crippen MR) is 78.0 cm³/mol. The Morgan fingerprint density at radius 3 is 2.47 bits per heavy atom. The second-order valence-corrected chi connectivity index (χ2v) is 8.27. The molecule has 1 heterocycles. The van der Waals surface area contributed by atoms with Gasteiger partial charge >= 0.3 is 0 Å². The molecular formula is C9H10N4O2S4. The highest BCUT2D eigenvalue weighted by molar-refractivity contribution is 8.03. The fourth-order valence-electron chi connectivity index (χ4n) is 1.27. The number of hydrogen-bond donors (Lipinski definition) is 2. The predicted octanol–water partition coefficient (Wildman–Crippen LogP) is 1.64. The molecule has 4 N–H and O–H groups in total. The normalized spacial score (nSPS) is 11.7. The Bertz CT molecular complexity index is 698. The fraction of sp³-hybridized carbons (Fsp3) is 0.111. The number of primary sulfonamides is 1. The van der Waals surface area contributed by atoms with Crippen LogP contribution in [0.1, 0.15) is 0 Å². The number of benzene rings is 1. The summed E-state index contributed by atoms with van der Waals surface area (Å²) < 4.78 is 24.1. The minimum Gasteiger partial charge on any atom is -0.398 e. The van der Waals surface area contributed by atoms with Crippen LogP contribution in [0.3, 0.4) is 0 Å². The number of nitrogens with zero attached hydrogens (tertiary/aromatic N) is 2. The van der Waals surface area contributed by atoms with Gasteiger partial charge in [-0.25, -0.2) is 13.6 Å². The summed E-state index contributed by atoms with van der Waals surface area (Å²) in [5.41, 5.74) is 5.81. The lowest BCUT2D eigenvalue weighted by Gasteiger charge is -2.04. The van der Waals surface area contributed by atoms with Crippen molar-refractivity contribution in [3.05, 3.63) is 18.2 Å². The van der Waals surface area contributed by atoms with Gasteiger partial charge < -0.3 is 5.73 Å². The lowest BCUT2D eigenvalue weighted by molar-refractivity contribution is 0.598. The van der Waals surface area contributed by atoms with E-state index in [1.165, 1.54) is 40.9 Å². The van der Waals surface area contributed by atoms with Crippen molar-refractivity contribution >= 4 is 50.6 Å². The van der Waals surface area contributed by atoms with E-state index in [0.717, 1.165) is 13.6 Å². The first-order valence-corrected chi connectivity index (χ1v) is 9.28. The van der Waals surface area contributed by atoms with Crippen LogP contribution in [-0.2, 0) is 10.0 Å². The van der Waals surface area contributed by atoms with Gasteiger partial charge in [-0.05, 0) is 24.5 Å². The Balaban J connectivity index is 2.25. The number of hydrogen-bond acceptors (Lipinski definition) is 8. The minimum absolute atomic E-state index is 0.0704. The highest BCUT2D eigenvalue weighted by Gasteiger charge is 2.13. The molecule has 0 fully saturated rings. The first-order chi connectivity index (χ1) is 8.90. The Morgan fingerprint density at radius 2 is 1.95 bits per heavy atom. The molecule has 102 valence electrons. The van der Waals surface area contributed by atoms with E-state index in [2.05, 4.69) is 10.2 Å². The molecule has 1 aromatic heterocycles. The Morgan fingerprint density at radius 1 is 1.26 bits per heavy atom. The molecule has 2 aromatic rings. The number of sulfonamides is 1. The van der Waals surface area contributed by atoms with Crippen LogP contribution in [0.15, 0.2) is 36.7 Å². The van der Waals surface area contributed by atoms with Gasteiger partial charge in [0.15, 0.2) is 8.68 Å². The van der Waals surface area contributed by atoms with E-state index in [1.54, 1.807) is 12.1 Å². The van der Waals surface area contributed by atoms with Gasteiger partial charge in [-0.15, -0.1) is 10.2 Å². The second kappa shape index (κ2) is 5.67. The molecule has 0 saturated carbocycles. The number of aromatic nitrogens is 2. The zero-order valence-corrected chi connectivity index (χ0v) is 13.0. The molecule has 0 aliphatic heterocycles. The summed E-state index contributed by atoms with van der Waals surface area (Å²) in [5.74, 6) is 0. The van der Waals surface area contributed by atoms with Gasteiger partial charge in [0.1, 0.15) is 4.90 Å². The third kappa shape index (κ3) is 3.60. The van der Waals surface area contributed by atoms with Crippen molar-refractivity contribution in [1.82, 2.24) is 10.2 Å². The van der Waals surface area contributed by atoms with Gasteiger partial charge in [-0.1, -0.05) is 34.9 Å². The maximum Gasteiger partial charge on any atom is 0.240 e. The van der Waals surface area contributed by atoms with Gasteiger partial charge in [0.25, 0.3) is 0 Å². The summed E-state index contributed by atoms with van der Waals surface area (Å²) in [4.78, 5) is 0.715. The quantitative estimate of drug-likeness (QED) is 0.645. The Kier molecular flexibility index (Phi) is 4.36. The molecule has 0 atom stereocenters. The molecule has 6 nitrogen and oxygen atoms in total. The van der Waals surface area contributed by atoms with E-state index in [0.29, 0.717) is 0 Å². The summed E-state index contributed by atoms with van der Waals surface area (Å²) in [5, 5.41) is 13.0. The van der Waals surface area contributed by atoms with Crippen molar-refractivity contribution in [2.75, 3.05) is 12.0 Å². The van der Waals surface area contributed by atoms with Gasteiger partial charge in [0, 0.05) is 4.90 Å². The molecule has 0 unspecified atom stereocenters. The maximum atomic E-state index is 11.2. The lowest BCUT2D eigenvalue weighted by atomic mass is 10.3. The number of nitrogens with two attached hydrogens (primary N) is 2. The van der Waals surface area contributed by atoms with E-state index < -0.39 is 10.0 Å². The van der Waals surface area contributed by atoms with Crippen molar-refractivity contribution in [1.29, 1.82) is 0 Å². The highest BCUT2D eigenvalue weighted by Crippen LogP contribution is 2.34. The van der Waals surface area contributed by atoms with E-state index in [9.17, 15) is 8.42 Å². The van der Waals surface area contributed by atoms with Gasteiger partial charge in [0.2, 0.25) is 10.0 Å².